The lowest BCUT2D eigenvalue weighted by Crippen LogP contribution is -2.65. The van der Waals surface area contributed by atoms with Crippen molar-refractivity contribution in [3.63, 3.8) is 0 Å². The molecule has 1 amide bonds. The summed E-state index contributed by atoms with van der Waals surface area (Å²) in [6.45, 7) is 7.39. The van der Waals surface area contributed by atoms with E-state index in [1.807, 2.05) is 25.7 Å². The van der Waals surface area contributed by atoms with Crippen molar-refractivity contribution in [1.82, 2.24) is 9.80 Å². The van der Waals surface area contributed by atoms with E-state index in [1.54, 1.807) is 0 Å². The Kier molecular flexibility index (Phi) is 4.14. The second-order valence-electron chi connectivity index (χ2n) is 7.60. The molecule has 6 heteroatoms. The largest absolute Gasteiger partial charge is 0.444 e. The second-order valence-corrected chi connectivity index (χ2v) is 8.54. The van der Waals surface area contributed by atoms with Gasteiger partial charge in [0.25, 0.3) is 0 Å². The van der Waals surface area contributed by atoms with Gasteiger partial charge in [0.2, 0.25) is 0 Å². The maximum Gasteiger partial charge on any atom is 0.410 e. The van der Waals surface area contributed by atoms with Crippen LogP contribution in [0.3, 0.4) is 0 Å². The van der Waals surface area contributed by atoms with Crippen LogP contribution in [-0.2, 0) is 4.74 Å². The molecule has 0 spiro atoms. The van der Waals surface area contributed by atoms with Crippen LogP contribution in [0.25, 0.3) is 0 Å². The average molecular weight is 313 g/mol. The maximum atomic E-state index is 12.0. The van der Waals surface area contributed by atoms with Crippen molar-refractivity contribution >= 4 is 18.0 Å². The van der Waals surface area contributed by atoms with Crippen molar-refractivity contribution in [3.8, 4) is 0 Å². The smallest absolute Gasteiger partial charge is 0.410 e. The molecule has 3 aliphatic rings. The first-order valence-electron chi connectivity index (χ1n) is 7.98. The molecule has 3 rings (SSSR count). The van der Waals surface area contributed by atoms with Crippen molar-refractivity contribution in [2.45, 2.75) is 75.4 Å². The van der Waals surface area contributed by atoms with Gasteiger partial charge in [0, 0.05) is 36.5 Å². The lowest BCUT2D eigenvalue weighted by Gasteiger charge is -2.50. The molecule has 3 heterocycles. The SMILES string of the molecule is CC(C)(C)OC(=O)N1CC(N2[C@@H]3CC[C@H]2CC(SN)C3)C1. The Labute approximate surface area is 131 Å². The van der Waals surface area contributed by atoms with Gasteiger partial charge in [0.15, 0.2) is 0 Å². The van der Waals surface area contributed by atoms with Gasteiger partial charge in [-0.1, -0.05) is 11.9 Å². The van der Waals surface area contributed by atoms with E-state index in [4.69, 9.17) is 9.88 Å². The number of likely N-dealkylation sites (tertiary alicyclic amines) is 1. The predicted octanol–water partition coefficient (Wildman–Crippen LogP) is 2.21. The van der Waals surface area contributed by atoms with Crippen LogP contribution in [0.15, 0.2) is 0 Å². The van der Waals surface area contributed by atoms with Crippen LogP contribution in [0.1, 0.15) is 46.5 Å². The number of amides is 1. The minimum atomic E-state index is -0.405. The van der Waals surface area contributed by atoms with Gasteiger partial charge in [-0.05, 0) is 46.5 Å². The zero-order valence-electron chi connectivity index (χ0n) is 13.2. The zero-order chi connectivity index (χ0) is 15.2. The summed E-state index contributed by atoms with van der Waals surface area (Å²) in [7, 11) is 0. The lowest BCUT2D eigenvalue weighted by molar-refractivity contribution is -0.0337. The van der Waals surface area contributed by atoms with Crippen LogP contribution in [0.2, 0.25) is 0 Å². The number of ether oxygens (including phenoxy) is 1. The lowest BCUT2D eigenvalue weighted by atomic mass is 9.96. The van der Waals surface area contributed by atoms with E-state index in [-0.39, 0.29) is 6.09 Å². The molecule has 0 aromatic rings. The number of carbonyl (C=O) groups is 1. The predicted molar refractivity (Wildman–Crippen MR) is 85.0 cm³/mol. The molecule has 0 radical (unpaired) electrons. The molecule has 2 N–H and O–H groups in total. The summed E-state index contributed by atoms with van der Waals surface area (Å²) in [6, 6.07) is 1.88. The van der Waals surface area contributed by atoms with Crippen molar-refractivity contribution in [1.29, 1.82) is 0 Å². The summed E-state index contributed by atoms with van der Waals surface area (Å²) >= 11 is 1.53. The third-order valence-electron chi connectivity index (χ3n) is 4.87. The minimum Gasteiger partial charge on any atom is -0.444 e. The number of hydrogen-bond acceptors (Lipinski definition) is 5. The molecule has 3 atom stereocenters. The first kappa shape index (κ1) is 15.4. The van der Waals surface area contributed by atoms with Crippen molar-refractivity contribution in [2.24, 2.45) is 5.14 Å². The summed E-state index contributed by atoms with van der Waals surface area (Å²) in [4.78, 5) is 16.5. The van der Waals surface area contributed by atoms with Gasteiger partial charge in [-0.25, -0.2) is 4.79 Å². The van der Waals surface area contributed by atoms with E-state index in [0.29, 0.717) is 23.4 Å². The Morgan fingerprint density at radius 3 is 2.19 bits per heavy atom. The third-order valence-corrected chi connectivity index (χ3v) is 5.64. The van der Waals surface area contributed by atoms with Crippen molar-refractivity contribution in [2.75, 3.05) is 13.1 Å². The Hall–Kier alpha value is -0.460. The molecule has 21 heavy (non-hydrogen) atoms. The number of rotatable bonds is 2. The van der Waals surface area contributed by atoms with Crippen molar-refractivity contribution in [3.05, 3.63) is 0 Å². The summed E-state index contributed by atoms with van der Waals surface area (Å²) < 4.78 is 5.43. The fraction of sp³-hybridized carbons (Fsp3) is 0.933. The van der Waals surface area contributed by atoms with Gasteiger partial charge < -0.3 is 9.64 Å². The van der Waals surface area contributed by atoms with Crippen molar-refractivity contribution < 1.29 is 9.53 Å². The van der Waals surface area contributed by atoms with E-state index < -0.39 is 5.60 Å². The van der Waals surface area contributed by atoms with Gasteiger partial charge in [-0.3, -0.25) is 10.0 Å². The van der Waals surface area contributed by atoms with Gasteiger partial charge in [-0.2, -0.15) is 0 Å². The van der Waals surface area contributed by atoms with E-state index in [9.17, 15) is 4.79 Å². The molecule has 0 saturated carbocycles. The molecular weight excluding hydrogens is 286 g/mol. The normalized spacial score (nSPS) is 33.9. The monoisotopic (exact) mass is 313 g/mol. The molecule has 3 fully saturated rings. The highest BCUT2D eigenvalue weighted by molar-refractivity contribution is 7.97. The van der Waals surface area contributed by atoms with Gasteiger partial charge in [0.05, 0.1) is 0 Å². The molecule has 1 unspecified atom stereocenters. The Morgan fingerprint density at radius 2 is 1.71 bits per heavy atom. The summed E-state index contributed by atoms with van der Waals surface area (Å²) in [5.41, 5.74) is -0.405. The molecule has 2 bridgehead atoms. The summed E-state index contributed by atoms with van der Waals surface area (Å²) in [5.74, 6) is 0. The fourth-order valence-corrected chi connectivity index (χ4v) is 4.66. The zero-order valence-corrected chi connectivity index (χ0v) is 14.1. The molecule has 3 aliphatic heterocycles. The molecule has 3 saturated heterocycles. The molecule has 5 nitrogen and oxygen atoms in total. The quantitative estimate of drug-likeness (QED) is 0.792. The number of piperidine rings is 1. The van der Waals surface area contributed by atoms with Gasteiger partial charge in [-0.15, -0.1) is 0 Å². The minimum absolute atomic E-state index is 0.168. The summed E-state index contributed by atoms with van der Waals surface area (Å²) in [5, 5.41) is 6.40. The Bertz CT molecular complexity index is 392. The molecule has 0 aliphatic carbocycles. The number of nitrogens with zero attached hydrogens (tertiary/aromatic N) is 2. The average Bonchev–Trinajstić information content (AvgIpc) is 2.57. The van der Waals surface area contributed by atoms with Crippen LogP contribution in [-0.4, -0.2) is 58.0 Å². The van der Waals surface area contributed by atoms with Crippen LogP contribution in [0.5, 0.6) is 0 Å². The highest BCUT2D eigenvalue weighted by atomic mass is 32.2. The van der Waals surface area contributed by atoms with E-state index in [2.05, 4.69) is 4.90 Å². The number of hydrogen-bond donors (Lipinski definition) is 1. The van der Waals surface area contributed by atoms with Crippen LogP contribution < -0.4 is 5.14 Å². The first-order valence-corrected chi connectivity index (χ1v) is 8.92. The standard InChI is InChI=1S/C15H27N3O2S/c1-15(2,3)20-14(19)17-8-12(9-17)18-10-4-5-11(18)7-13(6-10)21-16/h10-13H,4-9,16H2,1-3H3/t10-,11+,13?. The molecule has 0 aromatic carbocycles. The highest BCUT2D eigenvalue weighted by Gasteiger charge is 2.48. The number of nitrogens with two attached hydrogens (primary N) is 1. The van der Waals surface area contributed by atoms with Crippen LogP contribution >= 0.6 is 11.9 Å². The Balaban J connectivity index is 1.52. The molecule has 120 valence electrons. The second kappa shape index (κ2) is 5.63. The topological polar surface area (TPSA) is 58.8 Å². The van der Waals surface area contributed by atoms with Crippen LogP contribution in [0.4, 0.5) is 4.79 Å². The highest BCUT2D eigenvalue weighted by Crippen LogP contribution is 2.41. The number of carbonyl (C=O) groups excluding carboxylic acids is 1. The maximum absolute atomic E-state index is 12.0. The number of fused-ring (bicyclic) bond motifs is 2. The van der Waals surface area contributed by atoms with E-state index in [0.717, 1.165) is 13.1 Å². The third kappa shape index (κ3) is 3.17. The fourth-order valence-electron chi connectivity index (χ4n) is 3.99. The Morgan fingerprint density at radius 1 is 1.14 bits per heavy atom. The van der Waals surface area contributed by atoms with E-state index in [1.165, 1.54) is 37.6 Å². The van der Waals surface area contributed by atoms with Crippen LogP contribution in [0, 0.1) is 0 Å². The molecule has 0 aromatic heterocycles. The van der Waals surface area contributed by atoms with Gasteiger partial charge in [0.1, 0.15) is 5.60 Å². The van der Waals surface area contributed by atoms with E-state index >= 15 is 0 Å². The van der Waals surface area contributed by atoms with Gasteiger partial charge >= 0.3 is 6.09 Å². The first-order chi connectivity index (χ1) is 9.87. The molecular formula is C15H27N3O2S. The summed E-state index contributed by atoms with van der Waals surface area (Å²) in [6.07, 6.45) is 4.84.